The number of hydrogen-bond acceptors (Lipinski definition) is 1. The molecule has 2 aromatic rings. The van der Waals surface area contributed by atoms with E-state index in [-0.39, 0.29) is 5.92 Å². The summed E-state index contributed by atoms with van der Waals surface area (Å²) in [6.45, 7) is 1.48. The Morgan fingerprint density at radius 2 is 2.05 bits per heavy atom. The lowest BCUT2D eigenvalue weighted by Gasteiger charge is -2.24. The summed E-state index contributed by atoms with van der Waals surface area (Å²) in [5, 5.41) is 3.86. The Morgan fingerprint density at radius 3 is 2.70 bits per heavy atom. The van der Waals surface area contributed by atoms with Crippen LogP contribution < -0.4 is 5.32 Å². The van der Waals surface area contributed by atoms with Crippen LogP contribution in [0.25, 0.3) is 10.9 Å². The minimum atomic E-state index is -4.35. The van der Waals surface area contributed by atoms with Gasteiger partial charge in [0.1, 0.15) is 5.69 Å². The molecule has 0 radical (unpaired) electrons. The maximum atomic E-state index is 13.3. The second kappa shape index (κ2) is 5.07. The molecule has 1 saturated heterocycles. The highest BCUT2D eigenvalue weighted by atomic mass is 79.9. The molecular formula is C14H14BrF3N2. The predicted molar refractivity (Wildman–Crippen MR) is 75.8 cm³/mol. The van der Waals surface area contributed by atoms with Crippen LogP contribution >= 0.6 is 15.9 Å². The molecule has 20 heavy (non-hydrogen) atoms. The van der Waals surface area contributed by atoms with E-state index in [1.807, 2.05) is 0 Å². The van der Waals surface area contributed by atoms with E-state index in [1.54, 1.807) is 18.2 Å². The molecule has 1 aromatic carbocycles. The Hall–Kier alpha value is -1.01. The summed E-state index contributed by atoms with van der Waals surface area (Å²) < 4.78 is 40.6. The van der Waals surface area contributed by atoms with Gasteiger partial charge in [0, 0.05) is 21.9 Å². The van der Waals surface area contributed by atoms with Crippen molar-refractivity contribution in [3.05, 3.63) is 33.9 Å². The quantitative estimate of drug-likeness (QED) is 0.786. The third-order valence-electron chi connectivity index (χ3n) is 3.79. The molecule has 1 aromatic heterocycles. The van der Waals surface area contributed by atoms with Gasteiger partial charge in [0.05, 0.1) is 0 Å². The highest BCUT2D eigenvalue weighted by molar-refractivity contribution is 9.10. The normalized spacial score (nSPS) is 20.5. The van der Waals surface area contributed by atoms with E-state index in [4.69, 9.17) is 0 Å². The summed E-state index contributed by atoms with van der Waals surface area (Å²) in [6.07, 6.45) is -2.65. The average Bonchev–Trinajstić information content (AvgIpc) is 2.78. The van der Waals surface area contributed by atoms with Crippen LogP contribution in [0.4, 0.5) is 13.2 Å². The second-order valence-corrected chi connectivity index (χ2v) is 6.06. The Bertz CT molecular complexity index is 627. The largest absolute Gasteiger partial charge is 0.431 e. The molecule has 2 nitrogen and oxygen atoms in total. The fraction of sp³-hybridized carbons (Fsp3) is 0.429. The molecule has 0 bridgehead atoms. The van der Waals surface area contributed by atoms with E-state index < -0.39 is 11.9 Å². The van der Waals surface area contributed by atoms with Crippen molar-refractivity contribution in [3.8, 4) is 0 Å². The van der Waals surface area contributed by atoms with Crippen molar-refractivity contribution in [2.75, 3.05) is 13.1 Å². The van der Waals surface area contributed by atoms with Gasteiger partial charge in [0.2, 0.25) is 0 Å². The first-order valence-corrected chi connectivity index (χ1v) is 7.35. The fourth-order valence-electron chi connectivity index (χ4n) is 2.94. The molecule has 2 N–H and O–H groups in total. The number of hydrogen-bond donors (Lipinski definition) is 2. The summed E-state index contributed by atoms with van der Waals surface area (Å²) in [4.78, 5) is 2.56. The number of piperidine rings is 1. The monoisotopic (exact) mass is 346 g/mol. The van der Waals surface area contributed by atoms with Gasteiger partial charge in [-0.15, -0.1) is 0 Å². The maximum Gasteiger partial charge on any atom is 0.431 e. The molecule has 1 fully saturated rings. The molecule has 1 atom stereocenters. The van der Waals surface area contributed by atoms with Crippen molar-refractivity contribution in [2.45, 2.75) is 24.9 Å². The van der Waals surface area contributed by atoms with Crippen LogP contribution in [0, 0.1) is 0 Å². The summed E-state index contributed by atoms with van der Waals surface area (Å²) in [5.74, 6) is -0.0877. The van der Waals surface area contributed by atoms with Gasteiger partial charge >= 0.3 is 6.18 Å². The molecule has 0 saturated carbocycles. The molecule has 3 rings (SSSR count). The summed E-state index contributed by atoms with van der Waals surface area (Å²) >= 11 is 3.30. The smallest absolute Gasteiger partial charge is 0.351 e. The van der Waals surface area contributed by atoms with Crippen LogP contribution in [0.15, 0.2) is 22.7 Å². The number of rotatable bonds is 1. The lowest BCUT2D eigenvalue weighted by atomic mass is 9.89. The third-order valence-corrected chi connectivity index (χ3v) is 4.28. The Labute approximate surface area is 122 Å². The van der Waals surface area contributed by atoms with Crippen LogP contribution in [0.2, 0.25) is 0 Å². The van der Waals surface area contributed by atoms with E-state index in [2.05, 4.69) is 26.2 Å². The number of nitrogens with one attached hydrogen (secondary N) is 2. The standard InChI is InChI=1S/C14H14BrF3N2/c15-9-3-4-10-11(6-9)20-13(14(16,17)18)12(10)8-2-1-5-19-7-8/h3-4,6,8,19-20H,1-2,5,7H2. The Morgan fingerprint density at radius 1 is 1.25 bits per heavy atom. The zero-order chi connectivity index (χ0) is 14.3. The number of benzene rings is 1. The first kappa shape index (κ1) is 13.9. The van der Waals surface area contributed by atoms with Crippen molar-refractivity contribution in [2.24, 2.45) is 0 Å². The van der Waals surface area contributed by atoms with Crippen LogP contribution in [0.3, 0.4) is 0 Å². The number of aromatic amines is 1. The zero-order valence-electron chi connectivity index (χ0n) is 10.6. The lowest BCUT2D eigenvalue weighted by Crippen LogP contribution is -2.29. The van der Waals surface area contributed by atoms with Gasteiger partial charge in [-0.2, -0.15) is 13.2 Å². The SMILES string of the molecule is FC(F)(F)c1[nH]c2cc(Br)ccc2c1C1CCCNC1. The minimum absolute atomic E-state index is 0.0877. The first-order chi connectivity index (χ1) is 9.47. The van der Waals surface area contributed by atoms with E-state index in [0.29, 0.717) is 23.0 Å². The molecule has 1 aliphatic heterocycles. The van der Waals surface area contributed by atoms with Crippen molar-refractivity contribution >= 4 is 26.8 Å². The second-order valence-electron chi connectivity index (χ2n) is 5.14. The summed E-state index contributed by atoms with van der Waals surface area (Å²) in [7, 11) is 0. The Balaban J connectivity index is 2.20. The zero-order valence-corrected chi connectivity index (χ0v) is 12.2. The molecular weight excluding hydrogens is 333 g/mol. The maximum absolute atomic E-state index is 13.3. The highest BCUT2D eigenvalue weighted by Gasteiger charge is 2.38. The molecule has 6 heteroatoms. The van der Waals surface area contributed by atoms with Crippen molar-refractivity contribution in [1.82, 2.24) is 10.3 Å². The van der Waals surface area contributed by atoms with E-state index >= 15 is 0 Å². The fourth-order valence-corrected chi connectivity index (χ4v) is 3.30. The lowest BCUT2D eigenvalue weighted by molar-refractivity contribution is -0.141. The number of alkyl halides is 3. The van der Waals surface area contributed by atoms with Crippen LogP contribution in [-0.4, -0.2) is 18.1 Å². The molecule has 1 unspecified atom stereocenters. The first-order valence-electron chi connectivity index (χ1n) is 6.56. The van der Waals surface area contributed by atoms with Crippen LogP contribution in [-0.2, 0) is 6.18 Å². The number of aromatic nitrogens is 1. The highest BCUT2D eigenvalue weighted by Crippen LogP contribution is 2.41. The third kappa shape index (κ3) is 2.46. The van der Waals surface area contributed by atoms with E-state index in [9.17, 15) is 13.2 Å². The Kier molecular flexibility index (Phi) is 3.54. The van der Waals surface area contributed by atoms with Crippen LogP contribution in [0.1, 0.15) is 30.0 Å². The van der Waals surface area contributed by atoms with E-state index in [0.717, 1.165) is 23.9 Å². The van der Waals surface area contributed by atoms with Gasteiger partial charge in [-0.3, -0.25) is 0 Å². The van der Waals surface area contributed by atoms with Crippen molar-refractivity contribution < 1.29 is 13.2 Å². The number of fused-ring (bicyclic) bond motifs is 1. The molecule has 108 valence electrons. The van der Waals surface area contributed by atoms with Gasteiger partial charge in [-0.25, -0.2) is 0 Å². The van der Waals surface area contributed by atoms with Crippen molar-refractivity contribution in [3.63, 3.8) is 0 Å². The molecule has 0 aliphatic carbocycles. The predicted octanol–water partition coefficient (Wildman–Crippen LogP) is 4.42. The van der Waals surface area contributed by atoms with Crippen LogP contribution in [0.5, 0.6) is 0 Å². The summed E-state index contributed by atoms with van der Waals surface area (Å²) in [6, 6.07) is 5.25. The molecule has 2 heterocycles. The number of halogens is 4. The van der Waals surface area contributed by atoms with Gasteiger partial charge in [-0.05, 0) is 43.0 Å². The molecule has 0 spiro atoms. The molecule has 0 amide bonds. The van der Waals surface area contributed by atoms with Gasteiger partial charge in [-0.1, -0.05) is 22.0 Å². The van der Waals surface area contributed by atoms with Gasteiger partial charge in [0.15, 0.2) is 0 Å². The summed E-state index contributed by atoms with van der Waals surface area (Å²) in [5.41, 5.74) is 0.346. The topological polar surface area (TPSA) is 27.8 Å². The van der Waals surface area contributed by atoms with Gasteiger partial charge < -0.3 is 10.3 Å². The van der Waals surface area contributed by atoms with Crippen molar-refractivity contribution in [1.29, 1.82) is 0 Å². The van der Waals surface area contributed by atoms with E-state index in [1.165, 1.54) is 0 Å². The minimum Gasteiger partial charge on any atom is -0.351 e. The van der Waals surface area contributed by atoms with Gasteiger partial charge in [0.25, 0.3) is 0 Å². The average molecular weight is 347 g/mol. The molecule has 1 aliphatic rings. The number of H-pyrrole nitrogens is 1.